The van der Waals surface area contributed by atoms with Crippen LogP contribution in [0.4, 0.5) is 11.4 Å². The molecule has 4 rings (SSSR count). The number of piperidine rings is 1. The van der Waals surface area contributed by atoms with Gasteiger partial charge in [-0.3, -0.25) is 14.4 Å². The van der Waals surface area contributed by atoms with Crippen molar-refractivity contribution in [3.63, 3.8) is 0 Å². The molecule has 0 bridgehead atoms. The summed E-state index contributed by atoms with van der Waals surface area (Å²) in [5.74, 6) is -0.173. The molecular weight excluding hydrogens is 408 g/mol. The van der Waals surface area contributed by atoms with Crippen molar-refractivity contribution >= 4 is 29.1 Å². The van der Waals surface area contributed by atoms with Gasteiger partial charge in [0.1, 0.15) is 0 Å². The van der Waals surface area contributed by atoms with E-state index in [0.29, 0.717) is 29.2 Å². The van der Waals surface area contributed by atoms with Gasteiger partial charge in [0.25, 0.3) is 11.8 Å². The first-order chi connectivity index (χ1) is 15.5. The zero-order chi connectivity index (χ0) is 22.5. The van der Waals surface area contributed by atoms with Gasteiger partial charge in [-0.15, -0.1) is 0 Å². The van der Waals surface area contributed by atoms with Crippen LogP contribution in [0.1, 0.15) is 58.8 Å². The van der Waals surface area contributed by atoms with Crippen LogP contribution in [-0.2, 0) is 4.79 Å². The largest absolute Gasteiger partial charge is 0.358 e. The van der Waals surface area contributed by atoms with E-state index in [1.165, 1.54) is 6.92 Å². The number of anilines is 2. The summed E-state index contributed by atoms with van der Waals surface area (Å²) in [6, 6.07) is 17.2. The molecule has 1 aliphatic rings. The summed E-state index contributed by atoms with van der Waals surface area (Å²) in [7, 11) is 0. The molecule has 1 saturated heterocycles. The van der Waals surface area contributed by atoms with Gasteiger partial charge in [0.05, 0.1) is 6.04 Å². The van der Waals surface area contributed by atoms with Crippen LogP contribution in [0.2, 0.25) is 0 Å². The zero-order valence-corrected chi connectivity index (χ0v) is 17.7. The van der Waals surface area contributed by atoms with Crippen molar-refractivity contribution in [2.24, 2.45) is 0 Å². The van der Waals surface area contributed by atoms with Gasteiger partial charge in [0, 0.05) is 36.5 Å². The molecular formula is C24H24N4O4. The average molecular weight is 432 g/mol. The lowest BCUT2D eigenvalue weighted by Gasteiger charge is -2.34. The molecule has 1 aromatic heterocycles. The number of aromatic nitrogens is 1. The third-order valence-corrected chi connectivity index (χ3v) is 5.34. The molecule has 0 radical (unpaired) electrons. The van der Waals surface area contributed by atoms with E-state index < -0.39 is 0 Å². The fourth-order valence-corrected chi connectivity index (χ4v) is 3.81. The van der Waals surface area contributed by atoms with Crippen molar-refractivity contribution in [3.05, 3.63) is 77.7 Å². The van der Waals surface area contributed by atoms with Crippen molar-refractivity contribution < 1.29 is 18.9 Å². The number of carbonyl (C=O) groups is 3. The number of para-hydroxylation sites is 1. The minimum Gasteiger partial charge on any atom is -0.358 e. The van der Waals surface area contributed by atoms with Gasteiger partial charge in [-0.25, -0.2) is 0 Å². The first kappa shape index (κ1) is 21.3. The second kappa shape index (κ2) is 9.47. The van der Waals surface area contributed by atoms with Crippen LogP contribution in [0.5, 0.6) is 0 Å². The number of rotatable bonds is 5. The van der Waals surface area contributed by atoms with E-state index in [1.807, 2.05) is 18.2 Å². The summed E-state index contributed by atoms with van der Waals surface area (Å²) in [4.78, 5) is 38.7. The number of nitrogens with zero attached hydrogens (tertiary/aromatic N) is 2. The molecule has 32 heavy (non-hydrogen) atoms. The Morgan fingerprint density at radius 3 is 2.41 bits per heavy atom. The van der Waals surface area contributed by atoms with E-state index in [9.17, 15) is 14.4 Å². The Labute approximate surface area is 185 Å². The van der Waals surface area contributed by atoms with Gasteiger partial charge in [-0.2, -0.15) is 0 Å². The molecule has 1 fully saturated rings. The van der Waals surface area contributed by atoms with Crippen molar-refractivity contribution in [1.82, 2.24) is 10.1 Å². The normalized spacial score (nSPS) is 15.8. The second-order valence-corrected chi connectivity index (χ2v) is 7.70. The highest BCUT2D eigenvalue weighted by atomic mass is 16.5. The number of hydrogen-bond acceptors (Lipinski definition) is 5. The summed E-state index contributed by atoms with van der Waals surface area (Å²) in [6.45, 7) is 2.02. The number of benzene rings is 2. The van der Waals surface area contributed by atoms with Crippen molar-refractivity contribution in [2.45, 2.75) is 32.2 Å². The molecule has 8 nitrogen and oxygen atoms in total. The standard InChI is InChI=1S/C24H24N4O4/c1-16(29)25-19-12-10-17(11-13-19)24(31)28-14-6-5-9-21(28)22-15-20(27-32-22)23(30)26-18-7-3-2-4-8-18/h2-4,7-8,10-13,15,21H,5-6,9,14H2,1H3,(H,25,29)(H,26,30). The molecule has 2 N–H and O–H groups in total. The molecule has 1 unspecified atom stereocenters. The number of amides is 3. The Morgan fingerprint density at radius 2 is 1.69 bits per heavy atom. The van der Waals surface area contributed by atoms with Gasteiger partial charge in [-0.05, 0) is 55.7 Å². The summed E-state index contributed by atoms with van der Waals surface area (Å²) in [5, 5.41) is 9.40. The van der Waals surface area contributed by atoms with Gasteiger partial charge < -0.3 is 20.1 Å². The van der Waals surface area contributed by atoms with Crippen LogP contribution in [0, 0.1) is 0 Å². The number of nitrogens with one attached hydrogen (secondary N) is 2. The minimum absolute atomic E-state index is 0.129. The van der Waals surface area contributed by atoms with Crippen LogP contribution >= 0.6 is 0 Å². The van der Waals surface area contributed by atoms with Gasteiger partial charge >= 0.3 is 0 Å². The molecule has 0 aliphatic carbocycles. The molecule has 0 spiro atoms. The Morgan fingerprint density at radius 1 is 0.969 bits per heavy atom. The summed E-state index contributed by atoms with van der Waals surface area (Å²) < 4.78 is 5.49. The van der Waals surface area contributed by atoms with E-state index in [4.69, 9.17) is 4.52 Å². The molecule has 1 atom stereocenters. The van der Waals surface area contributed by atoms with E-state index in [2.05, 4.69) is 15.8 Å². The van der Waals surface area contributed by atoms with Crippen LogP contribution in [0.25, 0.3) is 0 Å². The molecule has 164 valence electrons. The third-order valence-electron chi connectivity index (χ3n) is 5.34. The number of likely N-dealkylation sites (tertiary alicyclic amines) is 1. The van der Waals surface area contributed by atoms with Crippen LogP contribution < -0.4 is 10.6 Å². The van der Waals surface area contributed by atoms with Crippen LogP contribution in [0.3, 0.4) is 0 Å². The van der Waals surface area contributed by atoms with Gasteiger partial charge in [-0.1, -0.05) is 23.4 Å². The summed E-state index contributed by atoms with van der Waals surface area (Å²) in [5.41, 5.74) is 1.99. The summed E-state index contributed by atoms with van der Waals surface area (Å²) >= 11 is 0. The van der Waals surface area contributed by atoms with E-state index >= 15 is 0 Å². The maximum atomic E-state index is 13.2. The number of carbonyl (C=O) groups excluding carboxylic acids is 3. The van der Waals surface area contributed by atoms with Gasteiger partial charge in [0.2, 0.25) is 5.91 Å². The molecule has 1 aliphatic heterocycles. The Hall–Kier alpha value is -3.94. The highest BCUT2D eigenvalue weighted by molar-refractivity contribution is 6.02. The van der Waals surface area contributed by atoms with Crippen LogP contribution in [0.15, 0.2) is 65.2 Å². The maximum absolute atomic E-state index is 13.2. The predicted molar refractivity (Wildman–Crippen MR) is 119 cm³/mol. The quantitative estimate of drug-likeness (QED) is 0.627. The summed E-state index contributed by atoms with van der Waals surface area (Å²) in [6.07, 6.45) is 2.56. The lowest BCUT2D eigenvalue weighted by atomic mass is 9.98. The first-order valence-electron chi connectivity index (χ1n) is 10.5. The minimum atomic E-state index is -0.367. The van der Waals surface area contributed by atoms with E-state index in [-0.39, 0.29) is 29.5 Å². The van der Waals surface area contributed by atoms with Crippen LogP contribution in [-0.4, -0.2) is 34.3 Å². The van der Waals surface area contributed by atoms with Crippen molar-refractivity contribution in [3.8, 4) is 0 Å². The molecule has 0 saturated carbocycles. The smallest absolute Gasteiger partial charge is 0.277 e. The molecule has 8 heteroatoms. The second-order valence-electron chi connectivity index (χ2n) is 7.70. The highest BCUT2D eigenvalue weighted by Gasteiger charge is 2.32. The third kappa shape index (κ3) is 4.85. The topological polar surface area (TPSA) is 105 Å². The monoisotopic (exact) mass is 432 g/mol. The van der Waals surface area contributed by atoms with Gasteiger partial charge in [0.15, 0.2) is 11.5 Å². The number of hydrogen-bond donors (Lipinski definition) is 2. The first-order valence-corrected chi connectivity index (χ1v) is 10.5. The Bertz CT molecular complexity index is 1110. The lowest BCUT2D eigenvalue weighted by molar-refractivity contribution is -0.114. The average Bonchev–Trinajstić information content (AvgIpc) is 3.30. The fraction of sp³-hybridized carbons (Fsp3) is 0.250. The van der Waals surface area contributed by atoms with Crippen molar-refractivity contribution in [1.29, 1.82) is 0 Å². The van der Waals surface area contributed by atoms with E-state index in [0.717, 1.165) is 19.3 Å². The Balaban J connectivity index is 1.49. The lowest BCUT2D eigenvalue weighted by Crippen LogP contribution is -2.38. The predicted octanol–water partition coefficient (Wildman–Crippen LogP) is 4.25. The molecule has 3 aromatic rings. The molecule has 2 heterocycles. The van der Waals surface area contributed by atoms with Crippen molar-refractivity contribution in [2.75, 3.05) is 17.2 Å². The maximum Gasteiger partial charge on any atom is 0.277 e. The van der Waals surface area contributed by atoms with E-state index in [1.54, 1.807) is 47.4 Å². The Kier molecular flexibility index (Phi) is 6.30. The SMILES string of the molecule is CC(=O)Nc1ccc(C(=O)N2CCCCC2c2cc(C(=O)Nc3ccccc3)no2)cc1. The molecule has 2 aromatic carbocycles. The molecule has 3 amide bonds. The highest BCUT2D eigenvalue weighted by Crippen LogP contribution is 2.33. The fourth-order valence-electron chi connectivity index (χ4n) is 3.81. The zero-order valence-electron chi connectivity index (χ0n) is 17.7.